The normalized spacial score (nSPS) is 16.2. The summed E-state index contributed by atoms with van der Waals surface area (Å²) in [4.78, 5) is 20.7. The monoisotopic (exact) mass is 310 g/mol. The van der Waals surface area contributed by atoms with Gasteiger partial charge in [-0.15, -0.1) is 0 Å². The number of rotatable bonds is 5. The van der Waals surface area contributed by atoms with E-state index >= 15 is 0 Å². The average molecular weight is 310 g/mol. The molecule has 1 unspecified atom stereocenters. The van der Waals surface area contributed by atoms with Gasteiger partial charge in [0.2, 0.25) is 5.78 Å². The summed E-state index contributed by atoms with van der Waals surface area (Å²) in [6, 6.07) is 3.43. The first-order valence-corrected chi connectivity index (χ1v) is 7.64. The van der Waals surface area contributed by atoms with E-state index in [1.165, 1.54) is 11.8 Å². The maximum atomic E-state index is 12.4. The number of amidine groups is 1. The molecule has 1 aliphatic carbocycles. The van der Waals surface area contributed by atoms with Gasteiger partial charge < -0.3 is 10.7 Å². The van der Waals surface area contributed by atoms with Crippen molar-refractivity contribution in [1.29, 1.82) is 5.41 Å². The van der Waals surface area contributed by atoms with Crippen molar-refractivity contribution in [2.45, 2.75) is 25.7 Å². The number of carbonyl (C=O) groups excluding carboxylic acids is 1. The standard InChI is InChI=1S/C18H22N4O/c1-12-6-4-5-7-14(12)15(11-19)16-10-13(8-9-22-16)17(23)18(20-2)21-3/h5,7-11,15,19H,4,6H2,1-3H3,(H,20,21). The van der Waals surface area contributed by atoms with Gasteiger partial charge in [0.05, 0.1) is 11.6 Å². The predicted molar refractivity (Wildman–Crippen MR) is 93.6 cm³/mol. The van der Waals surface area contributed by atoms with E-state index in [2.05, 4.69) is 34.4 Å². The number of ketones is 1. The Kier molecular flexibility index (Phi) is 5.57. The average Bonchev–Trinajstić information content (AvgIpc) is 2.58. The second-order valence-electron chi connectivity index (χ2n) is 5.44. The molecule has 1 atom stereocenters. The van der Waals surface area contributed by atoms with E-state index in [0.717, 1.165) is 18.4 Å². The Morgan fingerprint density at radius 1 is 1.52 bits per heavy atom. The molecule has 0 fully saturated rings. The van der Waals surface area contributed by atoms with Crippen LogP contribution in [0.1, 0.15) is 41.7 Å². The first-order valence-electron chi connectivity index (χ1n) is 7.64. The van der Waals surface area contributed by atoms with Crippen LogP contribution in [-0.2, 0) is 0 Å². The molecule has 5 heteroatoms. The van der Waals surface area contributed by atoms with Gasteiger partial charge in [0.25, 0.3) is 0 Å². The molecule has 1 aromatic heterocycles. The molecule has 1 aliphatic rings. The van der Waals surface area contributed by atoms with Gasteiger partial charge in [0.1, 0.15) is 0 Å². The van der Waals surface area contributed by atoms with Crippen LogP contribution in [0.4, 0.5) is 0 Å². The first-order chi connectivity index (χ1) is 11.1. The lowest BCUT2D eigenvalue weighted by atomic mass is 9.87. The lowest BCUT2D eigenvalue weighted by Crippen LogP contribution is -2.28. The maximum absolute atomic E-state index is 12.4. The van der Waals surface area contributed by atoms with Crippen LogP contribution in [0.15, 0.2) is 46.6 Å². The van der Waals surface area contributed by atoms with Gasteiger partial charge in [-0.25, -0.2) is 0 Å². The van der Waals surface area contributed by atoms with E-state index in [0.29, 0.717) is 17.1 Å². The van der Waals surface area contributed by atoms with Crippen molar-refractivity contribution >= 4 is 17.8 Å². The number of aromatic nitrogens is 1. The molecule has 2 N–H and O–H groups in total. The summed E-state index contributed by atoms with van der Waals surface area (Å²) in [5.74, 6) is -0.0929. The maximum Gasteiger partial charge on any atom is 0.227 e. The number of nitrogens with one attached hydrogen (secondary N) is 2. The van der Waals surface area contributed by atoms with E-state index in [9.17, 15) is 4.79 Å². The highest BCUT2D eigenvalue weighted by Gasteiger charge is 2.20. The van der Waals surface area contributed by atoms with Crippen LogP contribution in [0.2, 0.25) is 0 Å². The zero-order chi connectivity index (χ0) is 16.8. The van der Waals surface area contributed by atoms with E-state index in [4.69, 9.17) is 5.41 Å². The van der Waals surface area contributed by atoms with Gasteiger partial charge >= 0.3 is 0 Å². The van der Waals surface area contributed by atoms with Crippen LogP contribution in [-0.4, -0.2) is 36.9 Å². The Hall–Kier alpha value is -2.56. The highest BCUT2D eigenvalue weighted by Crippen LogP contribution is 2.30. The number of allylic oxidation sites excluding steroid dienone is 4. The van der Waals surface area contributed by atoms with Crippen molar-refractivity contribution in [3.8, 4) is 0 Å². The summed E-state index contributed by atoms with van der Waals surface area (Å²) in [5, 5.41) is 10.6. The zero-order valence-electron chi connectivity index (χ0n) is 13.8. The van der Waals surface area contributed by atoms with Gasteiger partial charge in [0, 0.05) is 32.1 Å². The molecule has 0 aromatic carbocycles. The van der Waals surface area contributed by atoms with Crippen LogP contribution < -0.4 is 5.32 Å². The number of likely N-dealkylation sites (N-methyl/N-ethyl adjacent to an activating group) is 1. The molecule has 0 saturated carbocycles. The van der Waals surface area contributed by atoms with Crippen molar-refractivity contribution in [2.75, 3.05) is 14.1 Å². The van der Waals surface area contributed by atoms with Gasteiger partial charge in [-0.3, -0.25) is 14.8 Å². The molecule has 2 rings (SSSR count). The number of aliphatic imine (C=N–C) groups is 1. The van der Waals surface area contributed by atoms with Crippen LogP contribution in [0, 0.1) is 5.41 Å². The van der Waals surface area contributed by atoms with Crippen molar-refractivity contribution < 1.29 is 4.79 Å². The lowest BCUT2D eigenvalue weighted by molar-refractivity contribution is 0.106. The molecule has 0 spiro atoms. The molecule has 23 heavy (non-hydrogen) atoms. The minimum absolute atomic E-state index is 0.174. The minimum atomic E-state index is -0.226. The van der Waals surface area contributed by atoms with Crippen molar-refractivity contribution in [1.82, 2.24) is 10.3 Å². The number of pyridine rings is 1. The lowest BCUT2D eigenvalue weighted by Gasteiger charge is -2.19. The van der Waals surface area contributed by atoms with Crippen LogP contribution >= 0.6 is 0 Å². The summed E-state index contributed by atoms with van der Waals surface area (Å²) in [6.07, 6.45) is 9.22. The summed E-state index contributed by atoms with van der Waals surface area (Å²) in [6.45, 7) is 2.09. The fourth-order valence-electron chi connectivity index (χ4n) is 2.72. The molecule has 5 nitrogen and oxygen atoms in total. The number of nitrogens with zero attached hydrogens (tertiary/aromatic N) is 2. The molecule has 1 heterocycles. The Balaban J connectivity index is 2.40. The molecule has 0 saturated heterocycles. The predicted octanol–water partition coefficient (Wildman–Crippen LogP) is 2.91. The molecule has 0 radical (unpaired) electrons. The Labute approximate surface area is 136 Å². The van der Waals surface area contributed by atoms with Gasteiger partial charge in [-0.1, -0.05) is 17.7 Å². The largest absolute Gasteiger partial charge is 0.370 e. The number of Topliss-reactive ketones (excluding diaryl/α,β-unsaturated/α-hetero) is 1. The second-order valence-corrected chi connectivity index (χ2v) is 5.44. The number of carbonyl (C=O) groups is 1. The quantitative estimate of drug-likeness (QED) is 0.498. The summed E-state index contributed by atoms with van der Waals surface area (Å²) in [7, 11) is 3.25. The van der Waals surface area contributed by atoms with E-state index in [1.54, 1.807) is 32.4 Å². The fourth-order valence-corrected chi connectivity index (χ4v) is 2.72. The molecule has 0 amide bonds. The molecule has 0 bridgehead atoms. The fraction of sp³-hybridized carbons (Fsp3) is 0.333. The highest BCUT2D eigenvalue weighted by atomic mass is 16.1. The van der Waals surface area contributed by atoms with E-state index in [1.807, 2.05) is 0 Å². The Morgan fingerprint density at radius 3 is 2.91 bits per heavy atom. The van der Waals surface area contributed by atoms with E-state index < -0.39 is 0 Å². The van der Waals surface area contributed by atoms with Crippen LogP contribution in [0.3, 0.4) is 0 Å². The smallest absolute Gasteiger partial charge is 0.227 e. The van der Waals surface area contributed by atoms with Crippen molar-refractivity contribution in [3.05, 3.63) is 52.9 Å². The van der Waals surface area contributed by atoms with Crippen LogP contribution in [0.5, 0.6) is 0 Å². The molecular formula is C18H22N4O. The molecule has 120 valence electrons. The number of hydrogen-bond acceptors (Lipinski definition) is 4. The van der Waals surface area contributed by atoms with Gasteiger partial charge in [-0.05, 0) is 37.5 Å². The molecule has 1 aromatic rings. The molecule has 0 aliphatic heterocycles. The first kappa shape index (κ1) is 16.8. The van der Waals surface area contributed by atoms with Crippen molar-refractivity contribution in [2.24, 2.45) is 4.99 Å². The minimum Gasteiger partial charge on any atom is -0.370 e. The SMILES string of the molecule is CN=C(NC)C(=O)c1ccnc(C(C=N)C2=C(C)CCC=C2)c1. The van der Waals surface area contributed by atoms with Crippen LogP contribution in [0.25, 0.3) is 0 Å². The van der Waals surface area contributed by atoms with Gasteiger partial charge in [0.15, 0.2) is 5.84 Å². The topological polar surface area (TPSA) is 78.2 Å². The number of hydrogen-bond donors (Lipinski definition) is 2. The Morgan fingerprint density at radius 2 is 2.30 bits per heavy atom. The zero-order valence-corrected chi connectivity index (χ0v) is 13.8. The summed E-state index contributed by atoms with van der Waals surface area (Å²) in [5.41, 5.74) is 3.60. The summed E-state index contributed by atoms with van der Waals surface area (Å²) < 4.78 is 0. The Bertz CT molecular complexity index is 701. The summed E-state index contributed by atoms with van der Waals surface area (Å²) >= 11 is 0. The van der Waals surface area contributed by atoms with E-state index in [-0.39, 0.29) is 11.7 Å². The third-order valence-electron chi connectivity index (χ3n) is 4.02. The third-order valence-corrected chi connectivity index (χ3v) is 4.02. The highest BCUT2D eigenvalue weighted by molar-refractivity contribution is 6.45. The molecular weight excluding hydrogens is 288 g/mol. The third kappa shape index (κ3) is 3.62. The van der Waals surface area contributed by atoms with Gasteiger partial charge in [-0.2, -0.15) is 0 Å². The second kappa shape index (κ2) is 7.63. The van der Waals surface area contributed by atoms with Crippen molar-refractivity contribution in [3.63, 3.8) is 0 Å².